The number of fused-ring (bicyclic) bond motifs is 1. The molecule has 2 saturated heterocycles. The second-order valence-corrected chi connectivity index (χ2v) is 23.7. The number of ether oxygens (including phenoxy) is 2. The number of hydrogen-bond donors (Lipinski definition) is 4. The monoisotopic (exact) mass is 1120 g/mol. The summed E-state index contributed by atoms with van der Waals surface area (Å²) in [6.45, 7) is 7.11. The molecule has 2 aliphatic heterocycles. The molecule has 3 saturated carbocycles. The van der Waals surface area contributed by atoms with Gasteiger partial charge in [0.2, 0.25) is 23.6 Å². The minimum absolute atomic E-state index is 0. The lowest BCUT2D eigenvalue weighted by molar-refractivity contribution is -0.148. The number of rotatable bonds is 23. The molecular formula is C65H96N8O8. The minimum atomic E-state index is -0.657. The molecule has 0 spiro atoms. The number of carbonyl (C=O) groups is 6. The van der Waals surface area contributed by atoms with Gasteiger partial charge in [-0.1, -0.05) is 130 Å². The van der Waals surface area contributed by atoms with Gasteiger partial charge in [-0.15, -0.1) is 0 Å². The van der Waals surface area contributed by atoms with Gasteiger partial charge in [0.15, 0.2) is 0 Å². The molecule has 81 heavy (non-hydrogen) atoms. The van der Waals surface area contributed by atoms with E-state index in [4.69, 9.17) is 9.47 Å². The Hall–Kier alpha value is -6.20. The lowest BCUT2D eigenvalue weighted by atomic mass is 9.83. The van der Waals surface area contributed by atoms with Crippen LogP contribution in [-0.2, 0) is 51.7 Å². The van der Waals surface area contributed by atoms with Crippen molar-refractivity contribution in [3.05, 3.63) is 131 Å². The fraction of sp³-hybridized carbons (Fsp3) is 0.569. The van der Waals surface area contributed by atoms with Crippen molar-refractivity contribution in [1.29, 1.82) is 0 Å². The van der Waals surface area contributed by atoms with Crippen molar-refractivity contribution >= 4 is 35.4 Å². The fourth-order valence-electron chi connectivity index (χ4n) is 13.0. The molecule has 8 atom stereocenters. The number of morpholine rings is 2. The molecule has 0 aromatic heterocycles. The van der Waals surface area contributed by atoms with E-state index in [1.807, 2.05) is 86.3 Å². The van der Waals surface area contributed by atoms with Crippen LogP contribution in [0.2, 0.25) is 0 Å². The highest BCUT2D eigenvalue weighted by atomic mass is 16.5. The Morgan fingerprint density at radius 3 is 1.52 bits per heavy atom. The highest BCUT2D eigenvalue weighted by Gasteiger charge is 2.54. The van der Waals surface area contributed by atoms with Gasteiger partial charge in [0.1, 0.15) is 12.1 Å². The third kappa shape index (κ3) is 14.7. The van der Waals surface area contributed by atoms with E-state index in [0.717, 1.165) is 87.3 Å². The maximum atomic E-state index is 14.9. The average Bonchev–Trinajstić information content (AvgIpc) is 4.04. The Labute approximate surface area is 486 Å². The number of likely N-dealkylation sites (N-methyl/N-ethyl adjacent to an activating group) is 2. The van der Waals surface area contributed by atoms with Gasteiger partial charge in [0.25, 0.3) is 11.8 Å². The third-order valence-corrected chi connectivity index (χ3v) is 18.4. The van der Waals surface area contributed by atoms with Crippen LogP contribution in [0.1, 0.15) is 117 Å². The summed E-state index contributed by atoms with van der Waals surface area (Å²) in [5.74, 6) is -0.690. The van der Waals surface area contributed by atoms with E-state index in [1.54, 1.807) is 27.9 Å². The molecule has 9 rings (SSSR count). The fourth-order valence-corrected chi connectivity index (χ4v) is 13.0. The average molecular weight is 1120 g/mol. The molecule has 16 heteroatoms. The summed E-state index contributed by atoms with van der Waals surface area (Å²) in [5, 5.41) is 12.3. The number of amides is 6. The van der Waals surface area contributed by atoms with Crippen molar-refractivity contribution in [3.63, 3.8) is 0 Å². The Kier molecular flexibility index (Phi) is 20.7. The van der Waals surface area contributed by atoms with Crippen molar-refractivity contribution < 1.29 is 43.9 Å². The highest BCUT2D eigenvalue weighted by molar-refractivity contribution is 5.97. The van der Waals surface area contributed by atoms with Gasteiger partial charge in [-0.3, -0.25) is 28.8 Å². The Morgan fingerprint density at radius 2 is 1.07 bits per heavy atom. The highest BCUT2D eigenvalue weighted by Crippen LogP contribution is 2.58. The van der Waals surface area contributed by atoms with E-state index in [2.05, 4.69) is 57.7 Å². The topological polar surface area (TPSA) is 182 Å². The standard InChI is InChI=1S/C65H88N8O8.4H2/c1-45(66-3)59(74)68-57(49-21-13-7-14-22-49)63(78)72-35-37-80-43-55(72)41-70(33-30-47-17-9-5-10-18-47)61(76)51-25-27-53(28-26-51)65-32-29-52(39-54(65)40-65)62(77)71(34-31-48-19-11-6-12-20-48)42-56-44-81-38-36-73(56)64(79)58(50-23-15-8-16-24-50)69-60(75)46(2)67-4;;;;/h5-6,9-12,17-20,25-29,32,39,45-46,49-50,54-58,66-67H,7-8,13-16,21-24,30-31,33-38,40-44H2,1-4H3,(H,68,74)(H,69,75);4*1H/t45-,46-,54?,55+,56+,57-,58-,65?;;;;/m0..../s1. The molecule has 6 aliphatic rings. The summed E-state index contributed by atoms with van der Waals surface area (Å²) in [4.78, 5) is 93.4. The van der Waals surface area contributed by atoms with E-state index in [1.165, 1.54) is 0 Å². The van der Waals surface area contributed by atoms with Gasteiger partial charge in [0, 0.05) is 61.5 Å². The number of hydrogen-bond acceptors (Lipinski definition) is 10. The van der Waals surface area contributed by atoms with Crippen LogP contribution in [0.15, 0.2) is 109 Å². The smallest absolute Gasteiger partial charge is 0.253 e. The van der Waals surface area contributed by atoms with Crippen LogP contribution in [0.5, 0.6) is 0 Å². The number of nitrogens with one attached hydrogen (secondary N) is 4. The van der Waals surface area contributed by atoms with Crippen LogP contribution in [0.4, 0.5) is 0 Å². The molecular weight excluding hydrogens is 1020 g/mol. The predicted molar refractivity (Wildman–Crippen MR) is 321 cm³/mol. The number of carbonyl (C=O) groups excluding carboxylic acids is 6. The van der Waals surface area contributed by atoms with E-state index < -0.39 is 36.3 Å². The second-order valence-electron chi connectivity index (χ2n) is 23.7. The normalized spacial score (nSPS) is 23.7. The first-order valence-corrected chi connectivity index (χ1v) is 30.3. The molecule has 0 radical (unpaired) electrons. The molecule has 0 bridgehead atoms. The van der Waals surface area contributed by atoms with Crippen molar-refractivity contribution in [3.8, 4) is 0 Å². The van der Waals surface area contributed by atoms with E-state index in [0.29, 0.717) is 63.4 Å². The zero-order valence-electron chi connectivity index (χ0n) is 48.3. The van der Waals surface area contributed by atoms with Gasteiger partial charge in [-0.2, -0.15) is 0 Å². The molecule has 2 unspecified atom stereocenters. The number of benzene rings is 3. The summed E-state index contributed by atoms with van der Waals surface area (Å²) in [6, 6.07) is 25.1. The van der Waals surface area contributed by atoms with Crippen molar-refractivity contribution in [2.24, 2.45) is 17.8 Å². The van der Waals surface area contributed by atoms with Gasteiger partial charge >= 0.3 is 0 Å². The van der Waals surface area contributed by atoms with Crippen LogP contribution >= 0.6 is 0 Å². The molecule has 4 aliphatic carbocycles. The van der Waals surface area contributed by atoms with Gasteiger partial charge in [0.05, 0.1) is 50.6 Å². The summed E-state index contributed by atoms with van der Waals surface area (Å²) in [5.41, 5.74) is 4.13. The van der Waals surface area contributed by atoms with Crippen molar-refractivity contribution in [2.45, 2.75) is 139 Å². The van der Waals surface area contributed by atoms with E-state index in [9.17, 15) is 28.8 Å². The first-order chi connectivity index (χ1) is 39.4. The first kappa shape index (κ1) is 59.4. The predicted octanol–water partition coefficient (Wildman–Crippen LogP) is 6.98. The molecule has 4 N–H and O–H groups in total. The van der Waals surface area contributed by atoms with Crippen LogP contribution in [0.3, 0.4) is 0 Å². The zero-order chi connectivity index (χ0) is 56.9. The maximum Gasteiger partial charge on any atom is 0.253 e. The quantitative estimate of drug-likeness (QED) is 0.0774. The first-order valence-electron chi connectivity index (χ1n) is 30.3. The molecule has 444 valence electrons. The largest absolute Gasteiger partial charge is 0.377 e. The molecule has 3 aromatic carbocycles. The molecule has 16 nitrogen and oxygen atoms in total. The number of nitrogens with zero attached hydrogens (tertiary/aromatic N) is 4. The van der Waals surface area contributed by atoms with Crippen LogP contribution in [0, 0.1) is 17.8 Å². The zero-order valence-corrected chi connectivity index (χ0v) is 48.3. The Bertz CT molecular complexity index is 2700. The van der Waals surface area contributed by atoms with Crippen molar-refractivity contribution in [1.82, 2.24) is 40.9 Å². The molecule has 2 heterocycles. The summed E-state index contributed by atoms with van der Waals surface area (Å²) in [6.07, 6.45) is 18.1. The molecule has 5 fully saturated rings. The maximum absolute atomic E-state index is 14.9. The Morgan fingerprint density at radius 1 is 0.617 bits per heavy atom. The van der Waals surface area contributed by atoms with Gasteiger partial charge in [-0.25, -0.2) is 0 Å². The van der Waals surface area contributed by atoms with Gasteiger partial charge < -0.3 is 50.3 Å². The minimum Gasteiger partial charge on any atom is -0.377 e. The lowest BCUT2D eigenvalue weighted by Gasteiger charge is -2.42. The van der Waals surface area contributed by atoms with E-state index in [-0.39, 0.29) is 90.6 Å². The molecule has 3 aromatic rings. The van der Waals surface area contributed by atoms with Crippen LogP contribution in [-0.4, -0.2) is 171 Å². The summed E-state index contributed by atoms with van der Waals surface area (Å²) < 4.78 is 12.1. The summed E-state index contributed by atoms with van der Waals surface area (Å²) >= 11 is 0. The van der Waals surface area contributed by atoms with Crippen LogP contribution < -0.4 is 21.3 Å². The molecule has 6 amide bonds. The summed E-state index contributed by atoms with van der Waals surface area (Å²) in [7, 11) is 3.48. The lowest BCUT2D eigenvalue weighted by Crippen LogP contribution is -2.61. The second kappa shape index (κ2) is 28.2. The van der Waals surface area contributed by atoms with E-state index >= 15 is 0 Å². The Balaban J connectivity index is 0.00000330. The SMILES string of the molecule is CN[C@@H](C)C(=O)N[C@H](C(=O)N1CCOC[C@H]1CN(CCc1ccccc1)C(=O)C1=CC2CC2(c2ccc(C(=O)N(CCc3ccccc3)C[C@@H]3COCCN3C(=O)[C@@H](NC(=O)[C@H](C)NC)C3CCCCC3)cc2)C=C1)C1CCCCC1.[HH].[HH].[HH].[HH]. The number of allylic oxidation sites excluding steroid dienone is 2. The van der Waals surface area contributed by atoms with Crippen LogP contribution in [0.25, 0.3) is 0 Å². The van der Waals surface area contributed by atoms with Gasteiger partial charge in [-0.05, 0) is 119 Å². The van der Waals surface area contributed by atoms with Crippen molar-refractivity contribution in [2.75, 3.05) is 79.8 Å². The third-order valence-electron chi connectivity index (χ3n) is 18.4.